The number of rotatable bonds is 3. The molecule has 2 heterocycles. The van der Waals surface area contributed by atoms with Crippen molar-refractivity contribution in [2.45, 2.75) is 27.7 Å². The number of benzene rings is 6. The summed E-state index contributed by atoms with van der Waals surface area (Å²) in [4.78, 5) is 0. The highest BCUT2D eigenvalue weighted by Gasteiger charge is 2.23. The molecule has 0 fully saturated rings. The lowest BCUT2D eigenvalue weighted by atomic mass is 9.97. The molecule has 0 atom stereocenters. The van der Waals surface area contributed by atoms with Crippen molar-refractivity contribution >= 4 is 43.6 Å². The molecule has 0 bridgehead atoms. The van der Waals surface area contributed by atoms with Crippen LogP contribution in [0.4, 0.5) is 0 Å². The SMILES string of the molecule is Cc1ccc2c3ccc(C)cc3n(-c3cc(-c4cc(C#N)cc(C#N)c4)cc(-n4c5cc(C)ccc5c5ccc(C)cc54)c3C#N)c2c1. The van der Waals surface area contributed by atoms with E-state index in [4.69, 9.17) is 0 Å². The molecule has 0 N–H and O–H groups in total. The Bertz CT molecular complexity index is 2510. The predicted octanol–water partition coefficient (Wildman–Crippen LogP) is 10.4. The lowest BCUT2D eigenvalue weighted by Gasteiger charge is -2.19. The molecule has 5 heteroatoms. The number of hydrogen-bond donors (Lipinski definition) is 0. The minimum atomic E-state index is 0.405. The van der Waals surface area contributed by atoms with Gasteiger partial charge < -0.3 is 9.13 Å². The monoisotopic (exact) mass is 615 g/mol. The Balaban J connectivity index is 1.60. The normalized spacial score (nSPS) is 11.3. The van der Waals surface area contributed by atoms with Crippen LogP contribution in [0.5, 0.6) is 0 Å². The highest BCUT2D eigenvalue weighted by Crippen LogP contribution is 2.41. The lowest BCUT2D eigenvalue weighted by Crippen LogP contribution is -2.05. The van der Waals surface area contributed by atoms with Crippen molar-refractivity contribution in [1.82, 2.24) is 9.13 Å². The Morgan fingerprint density at radius 2 is 0.729 bits per heavy atom. The van der Waals surface area contributed by atoms with Crippen LogP contribution >= 0.6 is 0 Å². The number of hydrogen-bond acceptors (Lipinski definition) is 3. The molecule has 0 spiro atoms. The van der Waals surface area contributed by atoms with Gasteiger partial charge in [-0.3, -0.25) is 0 Å². The summed E-state index contributed by atoms with van der Waals surface area (Å²) in [6.45, 7) is 8.33. The zero-order valence-electron chi connectivity index (χ0n) is 27.1. The Morgan fingerprint density at radius 1 is 0.396 bits per heavy atom. The van der Waals surface area contributed by atoms with E-state index in [1.54, 1.807) is 6.07 Å². The van der Waals surface area contributed by atoms with Crippen molar-refractivity contribution in [3.8, 4) is 40.7 Å². The van der Waals surface area contributed by atoms with Crippen LogP contribution in [0.25, 0.3) is 66.1 Å². The van der Waals surface area contributed by atoms with Gasteiger partial charge in [0.15, 0.2) is 0 Å². The van der Waals surface area contributed by atoms with Crippen LogP contribution in [0.2, 0.25) is 0 Å². The van der Waals surface area contributed by atoms with E-state index in [-0.39, 0.29) is 0 Å². The summed E-state index contributed by atoms with van der Waals surface area (Å²) in [6, 6.07) is 42.2. The third-order valence-corrected chi connectivity index (χ3v) is 9.37. The van der Waals surface area contributed by atoms with Crippen LogP contribution in [0.1, 0.15) is 38.9 Å². The molecule has 6 aromatic carbocycles. The molecule has 226 valence electrons. The zero-order chi connectivity index (χ0) is 33.3. The standard InChI is InChI=1S/C43H29N5/c1-25-5-9-33-34-10-6-26(2)14-39(34)47(38(33)13-25)42-20-32(31-18-29(22-44)17-30(19-31)23-45)21-43(37(42)24-46)48-40-15-27(3)7-11-35(40)36-12-8-28(4)16-41(36)48/h5-21H,1-4H3. The lowest BCUT2D eigenvalue weighted by molar-refractivity contribution is 1.11. The fourth-order valence-electron chi connectivity index (χ4n) is 7.17. The van der Waals surface area contributed by atoms with Gasteiger partial charge in [0, 0.05) is 21.5 Å². The van der Waals surface area contributed by atoms with E-state index in [1.807, 2.05) is 24.3 Å². The number of aryl methyl sites for hydroxylation is 4. The number of nitriles is 3. The van der Waals surface area contributed by atoms with Gasteiger partial charge in [-0.15, -0.1) is 0 Å². The van der Waals surface area contributed by atoms with Crippen LogP contribution in [0.3, 0.4) is 0 Å². The molecule has 0 aliphatic carbocycles. The smallest absolute Gasteiger partial charge is 0.104 e. The Kier molecular flexibility index (Phi) is 6.45. The van der Waals surface area contributed by atoms with Gasteiger partial charge in [0.1, 0.15) is 11.6 Å². The summed E-state index contributed by atoms with van der Waals surface area (Å²) in [7, 11) is 0. The molecule has 0 saturated heterocycles. The molecular formula is C43H29N5. The van der Waals surface area contributed by atoms with Crippen molar-refractivity contribution in [1.29, 1.82) is 15.8 Å². The maximum absolute atomic E-state index is 11.2. The number of aromatic nitrogens is 2. The van der Waals surface area contributed by atoms with Crippen molar-refractivity contribution in [3.63, 3.8) is 0 Å². The van der Waals surface area contributed by atoms with Gasteiger partial charge in [0.25, 0.3) is 0 Å². The third-order valence-electron chi connectivity index (χ3n) is 9.37. The summed E-state index contributed by atoms with van der Waals surface area (Å²) >= 11 is 0. The van der Waals surface area contributed by atoms with Gasteiger partial charge in [0.05, 0.1) is 56.7 Å². The largest absolute Gasteiger partial charge is 0.308 e. The van der Waals surface area contributed by atoms with Crippen LogP contribution in [0, 0.1) is 61.7 Å². The van der Waals surface area contributed by atoms with E-state index in [9.17, 15) is 15.8 Å². The molecule has 0 radical (unpaired) electrons. The first-order valence-corrected chi connectivity index (χ1v) is 15.9. The van der Waals surface area contributed by atoms with Gasteiger partial charge in [-0.2, -0.15) is 15.8 Å². The summed E-state index contributed by atoms with van der Waals surface area (Å²) in [5.74, 6) is 0. The first-order chi connectivity index (χ1) is 23.3. The fraction of sp³-hybridized carbons (Fsp3) is 0.0930. The van der Waals surface area contributed by atoms with Crippen molar-refractivity contribution < 1.29 is 0 Å². The molecule has 2 aromatic heterocycles. The first kappa shape index (κ1) is 28.8. The zero-order valence-corrected chi connectivity index (χ0v) is 27.1. The molecule has 0 saturated carbocycles. The van der Waals surface area contributed by atoms with E-state index in [2.05, 4.69) is 128 Å². The summed E-state index contributed by atoms with van der Waals surface area (Å²) < 4.78 is 4.42. The quantitative estimate of drug-likeness (QED) is 0.198. The van der Waals surface area contributed by atoms with E-state index in [0.29, 0.717) is 16.7 Å². The second-order valence-corrected chi connectivity index (χ2v) is 12.8. The van der Waals surface area contributed by atoms with Gasteiger partial charge in [-0.25, -0.2) is 0 Å². The number of nitrogens with zero attached hydrogens (tertiary/aromatic N) is 5. The Hall–Kier alpha value is -6.61. The second-order valence-electron chi connectivity index (χ2n) is 12.8. The van der Waals surface area contributed by atoms with E-state index >= 15 is 0 Å². The summed E-state index contributed by atoms with van der Waals surface area (Å²) in [6.07, 6.45) is 0. The van der Waals surface area contributed by atoms with Gasteiger partial charge >= 0.3 is 0 Å². The molecular weight excluding hydrogens is 587 g/mol. The molecule has 8 rings (SSSR count). The average Bonchev–Trinajstić information content (AvgIpc) is 3.57. The van der Waals surface area contributed by atoms with Gasteiger partial charge in [-0.1, -0.05) is 48.5 Å². The highest BCUT2D eigenvalue weighted by atomic mass is 15.0. The van der Waals surface area contributed by atoms with Crippen LogP contribution in [-0.2, 0) is 0 Å². The fourth-order valence-corrected chi connectivity index (χ4v) is 7.17. The molecule has 0 aliphatic heterocycles. The van der Waals surface area contributed by atoms with E-state index < -0.39 is 0 Å². The predicted molar refractivity (Wildman–Crippen MR) is 194 cm³/mol. The molecule has 0 unspecified atom stereocenters. The average molecular weight is 616 g/mol. The minimum absolute atomic E-state index is 0.405. The topological polar surface area (TPSA) is 81.2 Å². The molecule has 48 heavy (non-hydrogen) atoms. The van der Waals surface area contributed by atoms with Crippen LogP contribution in [-0.4, -0.2) is 9.13 Å². The highest BCUT2D eigenvalue weighted by molar-refractivity contribution is 6.11. The summed E-state index contributed by atoms with van der Waals surface area (Å²) in [5, 5.41) is 35.4. The Labute approximate surface area is 278 Å². The molecule has 0 amide bonds. The van der Waals surface area contributed by atoms with E-state index in [0.717, 1.165) is 88.4 Å². The van der Waals surface area contributed by atoms with Gasteiger partial charge in [0.2, 0.25) is 0 Å². The maximum Gasteiger partial charge on any atom is 0.104 e. The van der Waals surface area contributed by atoms with Crippen molar-refractivity contribution in [3.05, 3.63) is 142 Å². The Morgan fingerprint density at radius 3 is 1.04 bits per heavy atom. The second kappa shape index (κ2) is 10.7. The first-order valence-electron chi connectivity index (χ1n) is 15.9. The summed E-state index contributed by atoms with van der Waals surface area (Å²) in [5.41, 5.74) is 12.8. The minimum Gasteiger partial charge on any atom is -0.308 e. The van der Waals surface area contributed by atoms with Gasteiger partial charge in [-0.05, 0) is 116 Å². The van der Waals surface area contributed by atoms with Crippen LogP contribution in [0.15, 0.2) is 103 Å². The number of fused-ring (bicyclic) bond motifs is 6. The van der Waals surface area contributed by atoms with Crippen LogP contribution < -0.4 is 0 Å². The molecule has 5 nitrogen and oxygen atoms in total. The van der Waals surface area contributed by atoms with Crippen molar-refractivity contribution in [2.24, 2.45) is 0 Å². The van der Waals surface area contributed by atoms with E-state index in [1.165, 1.54) is 0 Å². The third kappa shape index (κ3) is 4.36. The van der Waals surface area contributed by atoms with Crippen molar-refractivity contribution in [2.75, 3.05) is 0 Å². The molecule has 8 aromatic rings. The molecule has 0 aliphatic rings. The maximum atomic E-state index is 11.2.